The molecule has 0 aliphatic carbocycles. The number of hydrogen-bond acceptors (Lipinski definition) is 1. The van der Waals surface area contributed by atoms with Crippen LogP contribution in [0.2, 0.25) is 0 Å². The van der Waals surface area contributed by atoms with E-state index in [-0.39, 0.29) is 6.15 Å². The summed E-state index contributed by atoms with van der Waals surface area (Å²) in [7, 11) is 0. The van der Waals surface area contributed by atoms with Crippen molar-refractivity contribution in [3.05, 3.63) is 25.8 Å². The lowest BCUT2D eigenvalue weighted by Crippen LogP contribution is -1.07. The SMILES string of the molecule is C=C.C=CC.CC.N. The van der Waals surface area contributed by atoms with Gasteiger partial charge in [-0.05, 0) is 6.92 Å². The molecule has 1 heteroatoms. The van der Waals surface area contributed by atoms with Gasteiger partial charge in [-0.15, -0.1) is 19.7 Å². The van der Waals surface area contributed by atoms with E-state index in [0.29, 0.717) is 0 Å². The van der Waals surface area contributed by atoms with E-state index in [1.807, 2.05) is 20.8 Å². The fourth-order valence-corrected chi connectivity index (χ4v) is 0. The average molecular weight is 117 g/mol. The molecule has 1 nitrogen and oxygen atoms in total. The average Bonchev–Trinajstić information content (AvgIpc) is 1.78. The summed E-state index contributed by atoms with van der Waals surface area (Å²) in [4.78, 5) is 0. The predicted octanol–water partition coefficient (Wildman–Crippen LogP) is 3.18. The van der Waals surface area contributed by atoms with Gasteiger partial charge < -0.3 is 6.15 Å². The molecule has 8 heavy (non-hydrogen) atoms. The van der Waals surface area contributed by atoms with E-state index in [0.717, 1.165) is 0 Å². The molecule has 0 heterocycles. The van der Waals surface area contributed by atoms with Crippen LogP contribution in [0.3, 0.4) is 0 Å². The molecule has 0 unspecified atom stereocenters. The van der Waals surface area contributed by atoms with Gasteiger partial charge in [-0.25, -0.2) is 0 Å². The lowest BCUT2D eigenvalue weighted by Gasteiger charge is -1.31. The first-order chi connectivity index (χ1) is 3.41. The normalized spacial score (nSPS) is 2.88. The van der Waals surface area contributed by atoms with Crippen molar-refractivity contribution in [3.63, 3.8) is 0 Å². The van der Waals surface area contributed by atoms with Crippen LogP contribution in [0, 0.1) is 0 Å². The lowest BCUT2D eigenvalue weighted by molar-refractivity contribution is 1.50. The third kappa shape index (κ3) is 342. The molecule has 0 atom stereocenters. The molecule has 0 radical (unpaired) electrons. The van der Waals surface area contributed by atoms with E-state index in [2.05, 4.69) is 19.7 Å². The Labute approximate surface area is 53.7 Å². The predicted molar refractivity (Wildman–Crippen MR) is 43.5 cm³/mol. The molecule has 0 aliphatic heterocycles. The summed E-state index contributed by atoms with van der Waals surface area (Å²) in [6.45, 7) is 15.2. The van der Waals surface area contributed by atoms with Crippen molar-refractivity contribution in [1.82, 2.24) is 6.15 Å². The quantitative estimate of drug-likeness (QED) is 0.486. The van der Waals surface area contributed by atoms with Gasteiger partial charge in [0.1, 0.15) is 0 Å². The van der Waals surface area contributed by atoms with Crippen molar-refractivity contribution in [2.75, 3.05) is 0 Å². The van der Waals surface area contributed by atoms with E-state index in [9.17, 15) is 0 Å². The molecule has 0 amide bonds. The van der Waals surface area contributed by atoms with Gasteiger partial charge >= 0.3 is 0 Å². The van der Waals surface area contributed by atoms with Crippen molar-refractivity contribution in [2.45, 2.75) is 20.8 Å². The molecule has 3 N–H and O–H groups in total. The van der Waals surface area contributed by atoms with Crippen molar-refractivity contribution in [1.29, 1.82) is 0 Å². The fourth-order valence-electron chi connectivity index (χ4n) is 0. The van der Waals surface area contributed by atoms with Gasteiger partial charge in [0.2, 0.25) is 0 Å². The first kappa shape index (κ1) is 26.1. The Morgan fingerprint density at radius 1 is 1.12 bits per heavy atom. The summed E-state index contributed by atoms with van der Waals surface area (Å²) < 4.78 is 0. The number of hydrogen-bond donors (Lipinski definition) is 1. The van der Waals surface area contributed by atoms with Gasteiger partial charge in [0, 0.05) is 0 Å². The molecule has 0 aliphatic rings. The van der Waals surface area contributed by atoms with Crippen LogP contribution < -0.4 is 6.15 Å². The standard InChI is InChI=1S/C3H6.C2H6.C2H4.H3N/c1-3-2;2*1-2;/h3H,1H2,2H3;1-2H3;1-2H2;1H3. The van der Waals surface area contributed by atoms with Crippen molar-refractivity contribution in [3.8, 4) is 0 Å². The third-order valence-electron chi connectivity index (χ3n) is 0. The van der Waals surface area contributed by atoms with Crippen LogP contribution in [0.1, 0.15) is 20.8 Å². The van der Waals surface area contributed by atoms with Crippen LogP contribution in [-0.2, 0) is 0 Å². The smallest absolute Gasteiger partial charge is 0.0473 e. The van der Waals surface area contributed by atoms with Gasteiger partial charge in [-0.2, -0.15) is 0 Å². The number of rotatable bonds is 0. The number of allylic oxidation sites excluding steroid dienone is 1. The minimum absolute atomic E-state index is 0. The molecule has 0 aromatic carbocycles. The maximum absolute atomic E-state index is 3.36. The highest BCUT2D eigenvalue weighted by atomic mass is 14.0. The van der Waals surface area contributed by atoms with E-state index >= 15 is 0 Å². The minimum atomic E-state index is 0. The van der Waals surface area contributed by atoms with E-state index in [1.165, 1.54) is 0 Å². The van der Waals surface area contributed by atoms with Crippen molar-refractivity contribution >= 4 is 0 Å². The third-order valence-corrected chi connectivity index (χ3v) is 0. The van der Waals surface area contributed by atoms with Gasteiger partial charge in [-0.3, -0.25) is 0 Å². The van der Waals surface area contributed by atoms with Crippen LogP contribution in [0.25, 0.3) is 0 Å². The molecule has 0 fully saturated rings. The molecule has 0 rings (SSSR count). The fraction of sp³-hybridized carbons (Fsp3) is 0.429. The summed E-state index contributed by atoms with van der Waals surface area (Å²) in [6.07, 6.45) is 1.75. The zero-order chi connectivity index (χ0) is 6.71. The molecular weight excluding hydrogens is 98.1 g/mol. The maximum atomic E-state index is 3.36. The largest absolute Gasteiger partial charge is 0.344 e. The van der Waals surface area contributed by atoms with Crippen molar-refractivity contribution in [2.24, 2.45) is 0 Å². The molecule has 0 aromatic heterocycles. The van der Waals surface area contributed by atoms with Crippen LogP contribution in [0.5, 0.6) is 0 Å². The summed E-state index contributed by atoms with van der Waals surface area (Å²) in [5.74, 6) is 0. The second-order valence-corrected chi connectivity index (χ2v) is 0.408. The Kier molecular flexibility index (Phi) is 3210. The highest BCUT2D eigenvalue weighted by Crippen LogP contribution is 1.38. The molecule has 0 aromatic rings. The minimum Gasteiger partial charge on any atom is -0.344 e. The molecule has 0 saturated carbocycles. The lowest BCUT2D eigenvalue weighted by atomic mass is 10.8. The molecule has 0 saturated heterocycles. The Bertz CT molecular complexity index is 18.3. The van der Waals surface area contributed by atoms with Crippen LogP contribution in [0.4, 0.5) is 0 Å². The first-order valence-electron chi connectivity index (χ1n) is 2.49. The second-order valence-electron chi connectivity index (χ2n) is 0.408. The summed E-state index contributed by atoms with van der Waals surface area (Å²) in [5.41, 5.74) is 0. The Hall–Kier alpha value is -0.560. The highest BCUT2D eigenvalue weighted by Gasteiger charge is 1.15. The van der Waals surface area contributed by atoms with Gasteiger partial charge in [0.15, 0.2) is 0 Å². The Morgan fingerprint density at radius 3 is 1.12 bits per heavy atom. The van der Waals surface area contributed by atoms with E-state index in [1.54, 1.807) is 6.08 Å². The van der Waals surface area contributed by atoms with Crippen LogP contribution >= 0.6 is 0 Å². The summed E-state index contributed by atoms with van der Waals surface area (Å²) >= 11 is 0. The summed E-state index contributed by atoms with van der Waals surface area (Å²) in [5, 5.41) is 0. The van der Waals surface area contributed by atoms with Gasteiger partial charge in [0.05, 0.1) is 0 Å². The summed E-state index contributed by atoms with van der Waals surface area (Å²) in [6, 6.07) is 0. The maximum Gasteiger partial charge on any atom is -0.0473 e. The van der Waals surface area contributed by atoms with Gasteiger partial charge in [-0.1, -0.05) is 19.9 Å². The Morgan fingerprint density at radius 2 is 1.12 bits per heavy atom. The van der Waals surface area contributed by atoms with Crippen molar-refractivity contribution < 1.29 is 0 Å². The monoisotopic (exact) mass is 117 g/mol. The molecule has 0 spiro atoms. The van der Waals surface area contributed by atoms with E-state index < -0.39 is 0 Å². The zero-order valence-electron chi connectivity index (χ0n) is 6.41. The van der Waals surface area contributed by atoms with Crippen LogP contribution in [0.15, 0.2) is 25.8 Å². The van der Waals surface area contributed by atoms with E-state index in [4.69, 9.17) is 0 Å². The Balaban J connectivity index is -0.0000000147. The second kappa shape index (κ2) is 984. The molecule has 52 valence electrons. The topological polar surface area (TPSA) is 35.0 Å². The molecule has 0 bridgehead atoms. The molecular formula is C7H19N. The first-order valence-corrected chi connectivity index (χ1v) is 2.49. The highest BCUT2D eigenvalue weighted by molar-refractivity contribution is 4.51. The zero-order valence-corrected chi connectivity index (χ0v) is 6.41. The van der Waals surface area contributed by atoms with Crippen LogP contribution in [-0.4, -0.2) is 0 Å². The van der Waals surface area contributed by atoms with Gasteiger partial charge in [0.25, 0.3) is 0 Å².